The van der Waals surface area contributed by atoms with E-state index in [9.17, 15) is 4.79 Å². The van der Waals surface area contributed by atoms with Gasteiger partial charge in [0.2, 0.25) is 0 Å². The van der Waals surface area contributed by atoms with E-state index in [4.69, 9.17) is 5.73 Å². The summed E-state index contributed by atoms with van der Waals surface area (Å²) >= 11 is 0. The normalized spacial score (nSPS) is 13.8. The van der Waals surface area contributed by atoms with Gasteiger partial charge in [0, 0.05) is 38.3 Å². The molecule has 1 aliphatic heterocycles. The van der Waals surface area contributed by atoms with Crippen LogP contribution in [-0.4, -0.2) is 30.4 Å². The quantitative estimate of drug-likeness (QED) is 0.857. The summed E-state index contributed by atoms with van der Waals surface area (Å²) in [6.45, 7) is 3.89. The average Bonchev–Trinajstić information content (AvgIpc) is 3.00. The highest BCUT2D eigenvalue weighted by Gasteiger charge is 2.20. The molecule has 1 aliphatic rings. The van der Waals surface area contributed by atoms with Crippen LogP contribution in [-0.2, 0) is 19.5 Å². The van der Waals surface area contributed by atoms with E-state index in [1.54, 1.807) is 0 Å². The minimum atomic E-state index is -0.0408. The highest BCUT2D eigenvalue weighted by molar-refractivity contribution is 5.94. The van der Waals surface area contributed by atoms with Crippen LogP contribution < -0.4 is 11.1 Å². The van der Waals surface area contributed by atoms with Crippen molar-refractivity contribution in [2.75, 3.05) is 19.6 Å². The summed E-state index contributed by atoms with van der Waals surface area (Å²) in [6, 6.07) is 16.6. The number of hydrogen-bond donors (Lipinski definition) is 2. The zero-order valence-electron chi connectivity index (χ0n) is 13.3. The lowest BCUT2D eigenvalue weighted by Gasteiger charge is -2.14. The van der Waals surface area contributed by atoms with Crippen molar-refractivity contribution in [1.29, 1.82) is 0 Å². The number of hydrogen-bond acceptors (Lipinski definition) is 3. The van der Waals surface area contributed by atoms with E-state index in [0.717, 1.165) is 31.6 Å². The summed E-state index contributed by atoms with van der Waals surface area (Å²) in [5.41, 5.74) is 10.1. The van der Waals surface area contributed by atoms with Crippen LogP contribution in [0.25, 0.3) is 0 Å². The Balaban J connectivity index is 1.59. The minimum absolute atomic E-state index is 0.0408. The molecule has 0 unspecified atom stereocenters. The molecule has 2 aromatic carbocycles. The second-order valence-electron chi connectivity index (χ2n) is 5.97. The van der Waals surface area contributed by atoms with Gasteiger partial charge >= 0.3 is 0 Å². The lowest BCUT2D eigenvalue weighted by molar-refractivity contribution is 0.0954. The molecule has 0 bridgehead atoms. The van der Waals surface area contributed by atoms with Crippen molar-refractivity contribution in [2.45, 2.75) is 19.5 Å². The SMILES string of the molecule is NCCNC(=O)c1ccc2c(c1)CN(CCc1ccccc1)C2. The van der Waals surface area contributed by atoms with Crippen molar-refractivity contribution >= 4 is 5.91 Å². The molecule has 0 fully saturated rings. The number of amides is 1. The van der Waals surface area contributed by atoms with Crippen molar-refractivity contribution in [3.05, 3.63) is 70.8 Å². The Morgan fingerprint density at radius 1 is 1.09 bits per heavy atom. The van der Waals surface area contributed by atoms with Crippen LogP contribution in [0.4, 0.5) is 0 Å². The average molecular weight is 309 g/mol. The van der Waals surface area contributed by atoms with E-state index in [0.29, 0.717) is 13.1 Å². The van der Waals surface area contributed by atoms with Crippen LogP contribution >= 0.6 is 0 Å². The molecular formula is C19H23N3O. The molecule has 23 heavy (non-hydrogen) atoms. The van der Waals surface area contributed by atoms with Crippen molar-refractivity contribution in [1.82, 2.24) is 10.2 Å². The molecule has 3 N–H and O–H groups in total. The van der Waals surface area contributed by atoms with Gasteiger partial charge in [-0.2, -0.15) is 0 Å². The Labute approximate surface area is 137 Å². The van der Waals surface area contributed by atoms with E-state index in [1.165, 1.54) is 16.7 Å². The molecule has 120 valence electrons. The van der Waals surface area contributed by atoms with E-state index in [1.807, 2.05) is 18.2 Å². The lowest BCUT2D eigenvalue weighted by Crippen LogP contribution is -2.29. The number of benzene rings is 2. The Morgan fingerprint density at radius 3 is 2.65 bits per heavy atom. The Hall–Kier alpha value is -2.17. The highest BCUT2D eigenvalue weighted by Crippen LogP contribution is 2.24. The van der Waals surface area contributed by atoms with Gasteiger partial charge < -0.3 is 11.1 Å². The molecular weight excluding hydrogens is 286 g/mol. The molecule has 0 saturated carbocycles. The van der Waals surface area contributed by atoms with Gasteiger partial charge in [0.15, 0.2) is 0 Å². The minimum Gasteiger partial charge on any atom is -0.351 e. The maximum atomic E-state index is 12.0. The summed E-state index contributed by atoms with van der Waals surface area (Å²) in [4.78, 5) is 14.4. The summed E-state index contributed by atoms with van der Waals surface area (Å²) < 4.78 is 0. The Kier molecular flexibility index (Phi) is 5.05. The number of rotatable bonds is 6. The maximum Gasteiger partial charge on any atom is 0.251 e. The van der Waals surface area contributed by atoms with Gasteiger partial charge in [-0.25, -0.2) is 0 Å². The molecule has 3 rings (SSSR count). The van der Waals surface area contributed by atoms with Crippen LogP contribution in [0.1, 0.15) is 27.0 Å². The predicted octanol–water partition coefficient (Wildman–Crippen LogP) is 1.93. The summed E-state index contributed by atoms with van der Waals surface area (Å²) in [5, 5.41) is 2.82. The largest absolute Gasteiger partial charge is 0.351 e. The third kappa shape index (κ3) is 3.97. The van der Waals surface area contributed by atoms with E-state index < -0.39 is 0 Å². The van der Waals surface area contributed by atoms with Gasteiger partial charge in [0.25, 0.3) is 5.91 Å². The number of fused-ring (bicyclic) bond motifs is 1. The monoisotopic (exact) mass is 309 g/mol. The zero-order chi connectivity index (χ0) is 16.1. The molecule has 0 saturated heterocycles. The molecule has 4 heteroatoms. The molecule has 1 heterocycles. The van der Waals surface area contributed by atoms with Crippen LogP contribution in [0.15, 0.2) is 48.5 Å². The van der Waals surface area contributed by atoms with Crippen molar-refractivity contribution in [2.24, 2.45) is 5.73 Å². The third-order valence-electron chi connectivity index (χ3n) is 4.25. The fraction of sp³-hybridized carbons (Fsp3) is 0.316. The third-order valence-corrected chi connectivity index (χ3v) is 4.25. The van der Waals surface area contributed by atoms with E-state index in [2.05, 4.69) is 40.5 Å². The number of carbonyl (C=O) groups excluding carboxylic acids is 1. The fourth-order valence-electron chi connectivity index (χ4n) is 2.98. The second kappa shape index (κ2) is 7.40. The molecule has 0 aromatic heterocycles. The van der Waals surface area contributed by atoms with Gasteiger partial charge in [-0.3, -0.25) is 9.69 Å². The number of carbonyl (C=O) groups is 1. The topological polar surface area (TPSA) is 58.4 Å². The summed E-state index contributed by atoms with van der Waals surface area (Å²) in [6.07, 6.45) is 1.05. The second-order valence-corrected chi connectivity index (χ2v) is 5.97. The predicted molar refractivity (Wildman–Crippen MR) is 92.1 cm³/mol. The first kappa shape index (κ1) is 15.7. The van der Waals surface area contributed by atoms with E-state index >= 15 is 0 Å². The van der Waals surface area contributed by atoms with Gasteiger partial charge in [-0.15, -0.1) is 0 Å². The number of nitrogens with one attached hydrogen (secondary N) is 1. The van der Waals surface area contributed by atoms with E-state index in [-0.39, 0.29) is 5.91 Å². The highest BCUT2D eigenvalue weighted by atomic mass is 16.1. The van der Waals surface area contributed by atoms with Crippen LogP contribution in [0, 0.1) is 0 Å². The van der Waals surface area contributed by atoms with Crippen LogP contribution in [0.2, 0.25) is 0 Å². The maximum absolute atomic E-state index is 12.0. The molecule has 1 amide bonds. The molecule has 2 aromatic rings. The summed E-state index contributed by atoms with van der Waals surface area (Å²) in [5.74, 6) is -0.0408. The van der Waals surface area contributed by atoms with Gasteiger partial charge in [0.05, 0.1) is 0 Å². The fourth-order valence-corrected chi connectivity index (χ4v) is 2.98. The smallest absolute Gasteiger partial charge is 0.251 e. The Morgan fingerprint density at radius 2 is 1.87 bits per heavy atom. The van der Waals surface area contributed by atoms with Crippen molar-refractivity contribution < 1.29 is 4.79 Å². The van der Waals surface area contributed by atoms with Crippen LogP contribution in [0.5, 0.6) is 0 Å². The number of nitrogens with zero attached hydrogens (tertiary/aromatic N) is 1. The molecule has 4 nitrogen and oxygen atoms in total. The van der Waals surface area contributed by atoms with Gasteiger partial charge in [-0.05, 0) is 35.2 Å². The standard InChI is InChI=1S/C19H23N3O/c20-9-10-21-19(23)16-6-7-17-13-22(14-18(17)12-16)11-8-15-4-2-1-3-5-15/h1-7,12H,8-11,13-14,20H2,(H,21,23). The summed E-state index contributed by atoms with van der Waals surface area (Å²) in [7, 11) is 0. The number of nitrogens with two attached hydrogens (primary N) is 1. The van der Waals surface area contributed by atoms with Crippen LogP contribution in [0.3, 0.4) is 0 Å². The zero-order valence-corrected chi connectivity index (χ0v) is 13.3. The first-order valence-electron chi connectivity index (χ1n) is 8.12. The van der Waals surface area contributed by atoms with Crippen molar-refractivity contribution in [3.63, 3.8) is 0 Å². The Bertz CT molecular complexity index is 670. The van der Waals surface area contributed by atoms with Crippen molar-refractivity contribution in [3.8, 4) is 0 Å². The molecule has 0 atom stereocenters. The molecule has 0 radical (unpaired) electrons. The lowest BCUT2D eigenvalue weighted by atomic mass is 10.1. The first-order valence-corrected chi connectivity index (χ1v) is 8.12. The van der Waals surface area contributed by atoms with Gasteiger partial charge in [-0.1, -0.05) is 36.4 Å². The van der Waals surface area contributed by atoms with Gasteiger partial charge in [0.1, 0.15) is 0 Å². The molecule has 0 spiro atoms. The first-order chi connectivity index (χ1) is 11.3. The molecule has 0 aliphatic carbocycles.